The largest absolute Gasteiger partial charge is 0.347 e. The van der Waals surface area contributed by atoms with Crippen molar-refractivity contribution >= 4 is 15.9 Å². The van der Waals surface area contributed by atoms with Gasteiger partial charge in [-0.25, -0.2) is 12.8 Å². The molecule has 9 heteroatoms. The molecule has 3 saturated heterocycles. The van der Waals surface area contributed by atoms with Gasteiger partial charge in [0.15, 0.2) is 5.79 Å². The highest BCUT2D eigenvalue weighted by Gasteiger charge is 2.44. The third-order valence-electron chi connectivity index (χ3n) is 6.52. The van der Waals surface area contributed by atoms with Crippen LogP contribution in [0, 0.1) is 17.7 Å². The average molecular weight is 441 g/mol. The molecule has 0 aliphatic carbocycles. The van der Waals surface area contributed by atoms with Gasteiger partial charge in [-0.05, 0) is 56.9 Å². The SMILES string of the molecule is CC1([C@@H]2CCCN(C(=O)[C@H]3CCCN(S(=O)(=O)c4ccc(F)cc4)C3)C2)OCCO1. The van der Waals surface area contributed by atoms with Crippen molar-refractivity contribution in [3.8, 4) is 0 Å². The molecule has 0 N–H and O–H groups in total. The van der Waals surface area contributed by atoms with Crippen LogP contribution in [0.3, 0.4) is 0 Å². The van der Waals surface area contributed by atoms with E-state index >= 15 is 0 Å². The zero-order valence-corrected chi connectivity index (χ0v) is 18.1. The molecule has 0 radical (unpaired) electrons. The molecule has 0 bridgehead atoms. The van der Waals surface area contributed by atoms with Gasteiger partial charge in [0, 0.05) is 32.1 Å². The van der Waals surface area contributed by atoms with Gasteiger partial charge < -0.3 is 14.4 Å². The molecule has 7 nitrogen and oxygen atoms in total. The van der Waals surface area contributed by atoms with Crippen LogP contribution in [-0.4, -0.2) is 68.7 Å². The third kappa shape index (κ3) is 4.26. The highest BCUT2D eigenvalue weighted by atomic mass is 32.2. The molecule has 1 amide bonds. The number of likely N-dealkylation sites (tertiary alicyclic amines) is 1. The minimum absolute atomic E-state index is 0.000281. The van der Waals surface area contributed by atoms with Crippen LogP contribution in [0.5, 0.6) is 0 Å². The van der Waals surface area contributed by atoms with Gasteiger partial charge >= 0.3 is 0 Å². The first kappa shape index (κ1) is 21.7. The first-order valence-electron chi connectivity index (χ1n) is 10.6. The van der Waals surface area contributed by atoms with Crippen LogP contribution in [0.25, 0.3) is 0 Å². The molecular weight excluding hydrogens is 411 g/mol. The summed E-state index contributed by atoms with van der Waals surface area (Å²) in [5.41, 5.74) is 0. The third-order valence-corrected chi connectivity index (χ3v) is 8.40. The summed E-state index contributed by atoms with van der Waals surface area (Å²) in [5.74, 6) is -1.39. The van der Waals surface area contributed by atoms with E-state index in [1.165, 1.54) is 16.4 Å². The quantitative estimate of drug-likeness (QED) is 0.718. The maximum atomic E-state index is 13.2. The number of piperidine rings is 2. The van der Waals surface area contributed by atoms with E-state index in [-0.39, 0.29) is 29.2 Å². The predicted molar refractivity (Wildman–Crippen MR) is 107 cm³/mol. The number of sulfonamides is 1. The first-order chi connectivity index (χ1) is 14.3. The Labute approximate surface area is 177 Å². The van der Waals surface area contributed by atoms with Crippen molar-refractivity contribution in [1.29, 1.82) is 0 Å². The number of ether oxygens (including phenoxy) is 2. The van der Waals surface area contributed by atoms with Gasteiger partial charge in [-0.15, -0.1) is 0 Å². The van der Waals surface area contributed by atoms with Gasteiger partial charge in [-0.2, -0.15) is 4.31 Å². The van der Waals surface area contributed by atoms with Crippen LogP contribution in [0.2, 0.25) is 0 Å². The number of nitrogens with zero attached hydrogens (tertiary/aromatic N) is 2. The fourth-order valence-electron chi connectivity index (χ4n) is 4.75. The minimum atomic E-state index is -3.75. The molecule has 0 spiro atoms. The van der Waals surface area contributed by atoms with Crippen LogP contribution < -0.4 is 0 Å². The smallest absolute Gasteiger partial charge is 0.243 e. The molecule has 3 aliphatic heterocycles. The van der Waals surface area contributed by atoms with E-state index in [0.717, 1.165) is 25.0 Å². The molecule has 2 atom stereocenters. The van der Waals surface area contributed by atoms with E-state index in [1.54, 1.807) is 0 Å². The lowest BCUT2D eigenvalue weighted by molar-refractivity contribution is -0.193. The summed E-state index contributed by atoms with van der Waals surface area (Å²) >= 11 is 0. The molecule has 30 heavy (non-hydrogen) atoms. The molecule has 1 aromatic carbocycles. The van der Waals surface area contributed by atoms with Crippen molar-refractivity contribution in [3.05, 3.63) is 30.1 Å². The Balaban J connectivity index is 1.43. The Hall–Kier alpha value is -1.55. The summed E-state index contributed by atoms with van der Waals surface area (Å²) < 4.78 is 52.1. The monoisotopic (exact) mass is 440 g/mol. The van der Waals surface area contributed by atoms with E-state index in [2.05, 4.69) is 0 Å². The number of halogens is 1. The lowest BCUT2D eigenvalue weighted by atomic mass is 9.89. The standard InChI is InChI=1S/C21H29FN2O5S/c1-21(28-12-13-29-21)17-5-3-10-23(15-17)20(25)16-4-2-11-24(14-16)30(26,27)19-8-6-18(22)7-9-19/h6-9,16-17H,2-5,10-15H2,1H3/t16-,17+/m0/s1. The molecule has 4 rings (SSSR count). The van der Waals surface area contributed by atoms with Crippen molar-refractivity contribution in [2.24, 2.45) is 11.8 Å². The summed E-state index contributed by atoms with van der Waals surface area (Å²) in [4.78, 5) is 15.1. The average Bonchev–Trinajstić information content (AvgIpc) is 3.21. The van der Waals surface area contributed by atoms with E-state index in [9.17, 15) is 17.6 Å². The van der Waals surface area contributed by atoms with Gasteiger partial charge in [0.2, 0.25) is 15.9 Å². The Morgan fingerprint density at radius 1 is 1.07 bits per heavy atom. The Kier molecular flexibility index (Phi) is 6.16. The van der Waals surface area contributed by atoms with E-state index in [4.69, 9.17) is 9.47 Å². The molecule has 1 aromatic rings. The van der Waals surface area contributed by atoms with E-state index in [0.29, 0.717) is 45.7 Å². The lowest BCUT2D eigenvalue weighted by Gasteiger charge is -2.42. The van der Waals surface area contributed by atoms with Crippen molar-refractivity contribution in [2.75, 3.05) is 39.4 Å². The molecule has 166 valence electrons. The number of benzene rings is 1. The van der Waals surface area contributed by atoms with Crippen LogP contribution in [0.15, 0.2) is 29.2 Å². The van der Waals surface area contributed by atoms with Crippen molar-refractivity contribution in [2.45, 2.75) is 43.3 Å². The molecule has 3 heterocycles. The van der Waals surface area contributed by atoms with E-state index < -0.39 is 21.6 Å². The van der Waals surface area contributed by atoms with Crippen LogP contribution in [0.4, 0.5) is 4.39 Å². The first-order valence-corrected chi connectivity index (χ1v) is 12.1. The predicted octanol–water partition coefficient (Wildman–Crippen LogP) is 2.23. The van der Waals surface area contributed by atoms with Crippen LogP contribution in [-0.2, 0) is 24.3 Å². The Morgan fingerprint density at radius 2 is 1.73 bits per heavy atom. The second-order valence-corrected chi connectivity index (χ2v) is 10.4. The minimum Gasteiger partial charge on any atom is -0.347 e. The highest BCUT2D eigenvalue weighted by molar-refractivity contribution is 7.89. The second-order valence-electron chi connectivity index (χ2n) is 8.49. The summed E-state index contributed by atoms with van der Waals surface area (Å²) in [6.45, 7) is 4.84. The summed E-state index contributed by atoms with van der Waals surface area (Å²) in [7, 11) is -3.75. The lowest BCUT2D eigenvalue weighted by Crippen LogP contribution is -2.52. The second kappa shape index (κ2) is 8.53. The Bertz CT molecular complexity index is 870. The number of amides is 1. The number of carbonyl (C=O) groups is 1. The molecular formula is C21H29FN2O5S. The van der Waals surface area contributed by atoms with Gasteiger partial charge in [-0.1, -0.05) is 0 Å². The Morgan fingerprint density at radius 3 is 2.43 bits per heavy atom. The van der Waals surface area contributed by atoms with Crippen LogP contribution in [0.1, 0.15) is 32.6 Å². The molecule has 0 unspecified atom stereocenters. The maximum absolute atomic E-state index is 13.2. The summed E-state index contributed by atoms with van der Waals surface area (Å²) in [5, 5.41) is 0. The topological polar surface area (TPSA) is 76.2 Å². The van der Waals surface area contributed by atoms with Gasteiger partial charge in [0.1, 0.15) is 5.82 Å². The molecule has 3 fully saturated rings. The fourth-order valence-corrected chi connectivity index (χ4v) is 6.27. The summed E-state index contributed by atoms with van der Waals surface area (Å²) in [6.07, 6.45) is 3.11. The van der Waals surface area contributed by atoms with Gasteiger partial charge in [0.05, 0.1) is 24.0 Å². The van der Waals surface area contributed by atoms with Crippen molar-refractivity contribution < 1.29 is 27.1 Å². The van der Waals surface area contributed by atoms with Crippen molar-refractivity contribution in [3.63, 3.8) is 0 Å². The highest BCUT2D eigenvalue weighted by Crippen LogP contribution is 2.35. The fraction of sp³-hybridized carbons (Fsp3) is 0.667. The number of hydrogen-bond acceptors (Lipinski definition) is 5. The molecule has 0 saturated carbocycles. The molecule has 0 aromatic heterocycles. The normalized spacial score (nSPS) is 27.9. The van der Waals surface area contributed by atoms with Gasteiger partial charge in [0.25, 0.3) is 0 Å². The number of carbonyl (C=O) groups excluding carboxylic acids is 1. The number of rotatable bonds is 4. The molecule has 3 aliphatic rings. The summed E-state index contributed by atoms with van der Waals surface area (Å²) in [6, 6.07) is 4.82. The zero-order chi connectivity index (χ0) is 21.4. The van der Waals surface area contributed by atoms with Crippen molar-refractivity contribution in [1.82, 2.24) is 9.21 Å². The van der Waals surface area contributed by atoms with Gasteiger partial charge in [-0.3, -0.25) is 4.79 Å². The number of hydrogen-bond donors (Lipinski definition) is 0. The van der Waals surface area contributed by atoms with Crippen LogP contribution >= 0.6 is 0 Å². The zero-order valence-electron chi connectivity index (χ0n) is 17.3. The van der Waals surface area contributed by atoms with E-state index in [1.807, 2.05) is 11.8 Å². The maximum Gasteiger partial charge on any atom is 0.243 e.